The number of carbonyl (C=O) groups is 2. The molecule has 0 amide bonds. The Labute approximate surface area is 450 Å². The van der Waals surface area contributed by atoms with Gasteiger partial charge in [-0.1, -0.05) is 68.0 Å². The molecule has 0 radical (unpaired) electrons. The third kappa shape index (κ3) is 21.2. The quantitative estimate of drug-likeness (QED) is 0.0201. The zero-order valence-electron chi connectivity index (χ0n) is 48.2. The number of rotatable bonds is 27. The summed E-state index contributed by atoms with van der Waals surface area (Å²) in [6, 6.07) is 0. The van der Waals surface area contributed by atoms with E-state index < -0.39 is 58.0 Å². The number of halogens is 1. The Morgan fingerprint density at radius 3 is 1.93 bits per heavy atom. The van der Waals surface area contributed by atoms with Gasteiger partial charge in [-0.3, -0.25) is 0 Å². The predicted molar refractivity (Wildman–Crippen MR) is 312 cm³/mol. The molecule has 2 aliphatic rings. The van der Waals surface area contributed by atoms with E-state index in [1.165, 1.54) is 51.8 Å². The van der Waals surface area contributed by atoms with E-state index >= 15 is 0 Å². The van der Waals surface area contributed by atoms with Gasteiger partial charge in [0, 0.05) is 5.92 Å². The Kier molecular flexibility index (Phi) is 27.8. The third-order valence-corrected chi connectivity index (χ3v) is 39.6. The number of unbranched alkanes of at least 4 members (excludes halogenated alkanes) is 3. The Balaban J connectivity index is 2.52. The van der Waals surface area contributed by atoms with E-state index in [0.29, 0.717) is 25.9 Å². The number of ether oxygens (including phenoxy) is 4. The standard InChI is InChI=1S/C46H78IO8Si2.3C4H9.Sn/c1-18-41(48)54-40-31-36(53-39(26-28-50-42(49)43(4,5)6)46(40,13)32-51-56(14,15)44(7,8)9)24-21-19-20-23-33(2)29-37-34(3)38(30-35(52-37)25-22-27-47)55-57(16,17)45(10,11)12;3*1-3-4-2;/h1,18,20-24,27,29,34-40H,19,25-26,28,30-32H2,2-17H3;3*1,3-4H2,2H3;/b18-1?,23-20+,24-21+,27-22+,33-29-;;;;/t34-,35-,36+,37+,38-,39-,40+,46-;;;;/m1..../s1. The normalized spacial score (nSPS) is 26.0. The van der Waals surface area contributed by atoms with Crippen LogP contribution < -0.4 is 0 Å². The van der Waals surface area contributed by atoms with Crippen molar-refractivity contribution in [1.29, 1.82) is 0 Å². The van der Waals surface area contributed by atoms with Crippen molar-refractivity contribution in [2.45, 2.75) is 261 Å². The molecule has 8 atom stereocenters. The Hall–Kier alpha value is -0.558. The molecule has 0 saturated carbocycles. The van der Waals surface area contributed by atoms with E-state index in [0.717, 1.165) is 18.4 Å². The number of hydrogen-bond acceptors (Lipinski definition) is 8. The van der Waals surface area contributed by atoms with Crippen LogP contribution >= 0.6 is 22.6 Å². The van der Waals surface area contributed by atoms with Crippen LogP contribution in [0.25, 0.3) is 0 Å². The Morgan fingerprint density at radius 2 is 1.40 bits per heavy atom. The maximum absolute atomic E-state index is 14.3. The van der Waals surface area contributed by atoms with Gasteiger partial charge >= 0.3 is 281 Å². The second-order valence-corrected chi connectivity index (χ2v) is 48.7. The Morgan fingerprint density at radius 1 is 0.814 bits per heavy atom. The third-order valence-electron chi connectivity index (χ3n) is 16.1. The first-order chi connectivity index (χ1) is 32.4. The molecule has 0 N–H and O–H groups in total. The average Bonchev–Trinajstić information content (AvgIpc) is 3.26. The van der Waals surface area contributed by atoms with Gasteiger partial charge in [0.25, 0.3) is 0 Å². The molecule has 0 aliphatic carbocycles. The number of allylic oxidation sites excluding steroid dienone is 4. The molecule has 0 bridgehead atoms. The summed E-state index contributed by atoms with van der Waals surface area (Å²) in [5, 5.41) is 0.123. The van der Waals surface area contributed by atoms with Crippen LogP contribution in [0.1, 0.15) is 174 Å². The second-order valence-electron chi connectivity index (χ2n) is 25.4. The molecule has 2 heterocycles. The summed E-state index contributed by atoms with van der Waals surface area (Å²) in [7, 11) is -4.19. The van der Waals surface area contributed by atoms with Crippen molar-refractivity contribution in [3.05, 3.63) is 56.3 Å². The van der Waals surface area contributed by atoms with E-state index in [4.69, 9.17) is 27.8 Å². The summed E-state index contributed by atoms with van der Waals surface area (Å²) in [5.41, 5.74) is -0.155. The van der Waals surface area contributed by atoms with Gasteiger partial charge in [-0.25, -0.2) is 0 Å². The van der Waals surface area contributed by atoms with E-state index in [1.807, 2.05) is 26.8 Å². The topological polar surface area (TPSA) is 89.5 Å². The molecular weight excluding hydrogens is 1130 g/mol. The van der Waals surface area contributed by atoms with Crippen LogP contribution in [0.5, 0.6) is 0 Å². The number of esters is 2. The summed E-state index contributed by atoms with van der Waals surface area (Å²) in [4.78, 5) is 27.3. The van der Waals surface area contributed by atoms with Gasteiger partial charge in [0.05, 0.1) is 18.3 Å². The van der Waals surface area contributed by atoms with Crippen LogP contribution in [0, 0.1) is 16.7 Å². The van der Waals surface area contributed by atoms with Crippen LogP contribution in [0.2, 0.25) is 49.6 Å². The van der Waals surface area contributed by atoms with Gasteiger partial charge in [-0.05, 0) is 62.8 Å². The molecule has 8 nitrogen and oxygen atoms in total. The predicted octanol–water partition coefficient (Wildman–Crippen LogP) is 17.0. The number of carbonyl (C=O) groups excluding carboxylic acids is 2. The van der Waals surface area contributed by atoms with Crippen LogP contribution in [0.15, 0.2) is 56.3 Å². The Bertz CT molecular complexity index is 1710. The summed E-state index contributed by atoms with van der Waals surface area (Å²) in [6.45, 7) is 42.5. The first kappa shape index (κ1) is 65.6. The molecule has 404 valence electrons. The van der Waals surface area contributed by atoms with Gasteiger partial charge in [-0.2, -0.15) is 0 Å². The van der Waals surface area contributed by atoms with E-state index in [1.54, 1.807) is 0 Å². The van der Waals surface area contributed by atoms with E-state index in [9.17, 15) is 9.59 Å². The van der Waals surface area contributed by atoms with Crippen LogP contribution in [-0.4, -0.2) is 96.8 Å². The van der Waals surface area contributed by atoms with Crippen molar-refractivity contribution in [3.63, 3.8) is 0 Å². The fourth-order valence-corrected chi connectivity index (χ4v) is 25.7. The van der Waals surface area contributed by atoms with Crippen molar-refractivity contribution >= 4 is 69.5 Å². The van der Waals surface area contributed by atoms with Crippen LogP contribution in [0.4, 0.5) is 0 Å². The fraction of sp³-hybridized carbons (Fsp3) is 0.793. The monoisotopic (exact) mass is 1230 g/mol. The van der Waals surface area contributed by atoms with Gasteiger partial charge in [0.1, 0.15) is 0 Å². The van der Waals surface area contributed by atoms with Crippen molar-refractivity contribution in [2.75, 3.05) is 13.2 Å². The molecule has 0 aromatic heterocycles. The van der Waals surface area contributed by atoms with Crippen molar-refractivity contribution in [3.8, 4) is 0 Å². The molecule has 70 heavy (non-hydrogen) atoms. The zero-order valence-corrected chi connectivity index (χ0v) is 55.2. The molecule has 2 rings (SSSR count). The minimum absolute atomic E-state index is 0.0126. The molecular formula is C58H105IO8Si2Sn. The summed E-state index contributed by atoms with van der Waals surface area (Å²) < 4.78 is 48.7. The SMILES string of the molecule is CCC[CH2][Sn](/[CH]=C/C(=O)O[C@H]1C[C@H](/C=C/C/C=C/C(C)=C\[C@@H]2O[C@H](C/C=C/I)C[C@@H](O[Si](C)(C)C(C)(C)C)[C@@H]2C)O[C@H](CCOC(=O)C(C)(C)C)[C@@]1(C)CO[Si](C)(C)C(C)(C)C)([CH2]CCC)[CH2]CCC. The van der Waals surface area contributed by atoms with Crippen molar-refractivity contribution < 1.29 is 37.4 Å². The average molecular weight is 1230 g/mol. The molecule has 0 spiro atoms. The van der Waals surface area contributed by atoms with E-state index in [2.05, 4.69) is 176 Å². The first-order valence-corrected chi connectivity index (χ1v) is 42.1. The summed E-state index contributed by atoms with van der Waals surface area (Å²) in [5.74, 6) is -0.275. The van der Waals surface area contributed by atoms with Gasteiger partial charge in [-0.15, -0.1) is 0 Å². The minimum atomic E-state index is -2.77. The van der Waals surface area contributed by atoms with Crippen LogP contribution in [-0.2, 0) is 37.4 Å². The van der Waals surface area contributed by atoms with Crippen LogP contribution in [0.3, 0.4) is 0 Å². The molecule has 0 aromatic carbocycles. The summed E-state index contributed by atoms with van der Waals surface area (Å²) in [6.07, 6.45) is 24.7. The first-order valence-electron chi connectivity index (χ1n) is 27.4. The van der Waals surface area contributed by atoms with Crippen molar-refractivity contribution in [1.82, 2.24) is 0 Å². The van der Waals surface area contributed by atoms with Crippen molar-refractivity contribution in [2.24, 2.45) is 16.7 Å². The zero-order chi connectivity index (χ0) is 53.2. The fourth-order valence-electron chi connectivity index (χ4n) is 8.88. The maximum atomic E-state index is 14.3. The molecule has 2 aliphatic heterocycles. The van der Waals surface area contributed by atoms with E-state index in [-0.39, 0.29) is 59.0 Å². The molecule has 0 unspecified atom stereocenters. The van der Waals surface area contributed by atoms with Gasteiger partial charge < -0.3 is 9.16 Å². The molecule has 2 saturated heterocycles. The van der Waals surface area contributed by atoms with Gasteiger partial charge in [0.2, 0.25) is 0 Å². The summed E-state index contributed by atoms with van der Waals surface area (Å²) >= 11 is -0.482. The second kappa shape index (κ2) is 29.7. The van der Waals surface area contributed by atoms with Gasteiger partial charge in [0.15, 0.2) is 8.32 Å². The molecule has 0 aromatic rings. The molecule has 12 heteroatoms. The number of hydrogen-bond donors (Lipinski definition) is 0. The molecule has 2 fully saturated rings.